The number of halogens is 2. The van der Waals surface area contributed by atoms with E-state index in [1.165, 1.54) is 6.07 Å². The predicted molar refractivity (Wildman–Crippen MR) is 89.2 cm³/mol. The summed E-state index contributed by atoms with van der Waals surface area (Å²) in [7, 11) is 0. The largest absolute Gasteiger partial charge is 0.236 e. The average Bonchev–Trinajstić information content (AvgIpc) is 2.63. The topological polar surface area (TPSA) is 25.8 Å². The van der Waals surface area contributed by atoms with E-state index in [1.807, 2.05) is 36.7 Å². The first-order valence-corrected chi connectivity index (χ1v) is 7.54. The van der Waals surface area contributed by atoms with Crippen molar-refractivity contribution in [2.75, 3.05) is 0 Å². The summed E-state index contributed by atoms with van der Waals surface area (Å²) in [6.45, 7) is 2.05. The van der Waals surface area contributed by atoms with E-state index in [2.05, 4.69) is 28.7 Å². The molecule has 0 radical (unpaired) electrons. The van der Waals surface area contributed by atoms with Gasteiger partial charge in [-0.2, -0.15) is 0 Å². The lowest BCUT2D eigenvalue weighted by Gasteiger charge is -2.01. The maximum Gasteiger partial charge on any atom is 0.160 e. The number of nitrogens with zero attached hydrogens (tertiary/aromatic N) is 2. The highest BCUT2D eigenvalue weighted by atomic mass is 19.2. The normalized spacial score (nSPS) is 10.1. The van der Waals surface area contributed by atoms with Gasteiger partial charge >= 0.3 is 0 Å². The van der Waals surface area contributed by atoms with Crippen molar-refractivity contribution in [2.24, 2.45) is 0 Å². The fraction of sp³-hybridized carbons (Fsp3) is 0.100. The molecule has 3 rings (SSSR count). The maximum atomic E-state index is 13.1. The van der Waals surface area contributed by atoms with Crippen LogP contribution in [0.25, 0.3) is 11.4 Å². The van der Waals surface area contributed by atoms with Gasteiger partial charge in [-0.25, -0.2) is 18.7 Å². The molecule has 0 aliphatic heterocycles. The summed E-state index contributed by atoms with van der Waals surface area (Å²) < 4.78 is 26.0. The van der Waals surface area contributed by atoms with Crippen molar-refractivity contribution < 1.29 is 8.78 Å². The van der Waals surface area contributed by atoms with Gasteiger partial charge in [0.05, 0.1) is 0 Å². The van der Waals surface area contributed by atoms with Gasteiger partial charge in [-0.05, 0) is 54.4 Å². The third-order valence-electron chi connectivity index (χ3n) is 3.53. The Kier molecular flexibility index (Phi) is 4.62. The van der Waals surface area contributed by atoms with Gasteiger partial charge in [0, 0.05) is 29.1 Å². The summed E-state index contributed by atoms with van der Waals surface area (Å²) in [6.07, 6.45) is 4.54. The Morgan fingerprint density at radius 2 is 1.46 bits per heavy atom. The van der Waals surface area contributed by atoms with E-state index in [4.69, 9.17) is 0 Å². The third kappa shape index (κ3) is 3.64. The number of benzene rings is 2. The van der Waals surface area contributed by atoms with Crippen LogP contribution in [0.2, 0.25) is 0 Å². The maximum absolute atomic E-state index is 13.1. The number of rotatable bonds is 2. The van der Waals surface area contributed by atoms with Crippen LogP contribution < -0.4 is 0 Å². The molecule has 0 saturated carbocycles. The van der Waals surface area contributed by atoms with Gasteiger partial charge in [-0.15, -0.1) is 0 Å². The molecule has 118 valence electrons. The smallest absolute Gasteiger partial charge is 0.160 e. The van der Waals surface area contributed by atoms with E-state index >= 15 is 0 Å². The molecule has 24 heavy (non-hydrogen) atoms. The van der Waals surface area contributed by atoms with Crippen molar-refractivity contribution in [2.45, 2.75) is 13.3 Å². The van der Waals surface area contributed by atoms with Crippen molar-refractivity contribution >= 4 is 0 Å². The second kappa shape index (κ2) is 7.01. The highest BCUT2D eigenvalue weighted by molar-refractivity contribution is 5.57. The Morgan fingerprint density at radius 3 is 2.08 bits per heavy atom. The number of hydrogen-bond acceptors (Lipinski definition) is 2. The van der Waals surface area contributed by atoms with Crippen molar-refractivity contribution in [1.82, 2.24) is 9.97 Å². The molecule has 1 heterocycles. The van der Waals surface area contributed by atoms with Gasteiger partial charge in [0.1, 0.15) is 0 Å². The standard InChI is InChI=1S/C20H14F2N2/c1-2-14-12-23-20(24-13-14)17-8-5-15(6-9-17)3-4-16-7-10-18(21)19(22)11-16/h5-13H,2H2,1H3. The molecule has 0 spiro atoms. The molecule has 1 aromatic heterocycles. The monoisotopic (exact) mass is 320 g/mol. The van der Waals surface area contributed by atoms with Gasteiger partial charge < -0.3 is 0 Å². The van der Waals surface area contributed by atoms with E-state index in [0.29, 0.717) is 11.4 Å². The van der Waals surface area contributed by atoms with Crippen LogP contribution in [0.4, 0.5) is 8.78 Å². The van der Waals surface area contributed by atoms with Gasteiger partial charge in [0.2, 0.25) is 0 Å². The molecule has 4 heteroatoms. The Labute approximate surface area is 139 Å². The highest BCUT2D eigenvalue weighted by Gasteiger charge is 2.02. The Balaban J connectivity index is 1.79. The minimum absolute atomic E-state index is 0.427. The van der Waals surface area contributed by atoms with Crippen molar-refractivity contribution in [3.8, 4) is 23.2 Å². The molecule has 0 unspecified atom stereocenters. The first-order chi connectivity index (χ1) is 11.7. The summed E-state index contributed by atoms with van der Waals surface area (Å²) in [4.78, 5) is 8.67. The zero-order valence-electron chi connectivity index (χ0n) is 13.1. The molecule has 0 atom stereocenters. The van der Waals surface area contributed by atoms with E-state index < -0.39 is 11.6 Å². The minimum atomic E-state index is -0.898. The highest BCUT2D eigenvalue weighted by Crippen LogP contribution is 2.15. The van der Waals surface area contributed by atoms with E-state index in [-0.39, 0.29) is 0 Å². The molecule has 0 bridgehead atoms. The molecule has 0 aliphatic carbocycles. The molecular weight excluding hydrogens is 306 g/mol. The minimum Gasteiger partial charge on any atom is -0.236 e. The van der Waals surface area contributed by atoms with Crippen LogP contribution >= 0.6 is 0 Å². The fourth-order valence-electron chi connectivity index (χ4n) is 2.11. The molecule has 0 saturated heterocycles. The van der Waals surface area contributed by atoms with E-state index in [1.54, 1.807) is 0 Å². The molecular formula is C20H14F2N2. The lowest BCUT2D eigenvalue weighted by Crippen LogP contribution is -1.91. The van der Waals surface area contributed by atoms with Gasteiger partial charge in [-0.1, -0.05) is 18.8 Å². The second-order valence-corrected chi connectivity index (χ2v) is 5.22. The second-order valence-electron chi connectivity index (χ2n) is 5.22. The first-order valence-electron chi connectivity index (χ1n) is 7.54. The average molecular weight is 320 g/mol. The van der Waals surface area contributed by atoms with Crippen LogP contribution in [0.5, 0.6) is 0 Å². The molecule has 2 aromatic carbocycles. The zero-order valence-corrected chi connectivity index (χ0v) is 13.1. The first kappa shape index (κ1) is 15.8. The number of hydrogen-bond donors (Lipinski definition) is 0. The van der Waals surface area contributed by atoms with Gasteiger partial charge in [0.15, 0.2) is 17.5 Å². The summed E-state index contributed by atoms with van der Waals surface area (Å²) in [5, 5.41) is 0. The number of aromatic nitrogens is 2. The van der Waals surface area contributed by atoms with Gasteiger partial charge in [0.25, 0.3) is 0 Å². The van der Waals surface area contributed by atoms with Crippen molar-refractivity contribution in [3.63, 3.8) is 0 Å². The van der Waals surface area contributed by atoms with Crippen LogP contribution in [0.15, 0.2) is 54.9 Å². The quantitative estimate of drug-likeness (QED) is 0.655. The van der Waals surface area contributed by atoms with Crippen LogP contribution in [0, 0.1) is 23.5 Å². The Bertz CT molecular complexity index is 905. The molecule has 0 aliphatic rings. The molecule has 0 N–H and O–H groups in total. The van der Waals surface area contributed by atoms with Crippen molar-refractivity contribution in [1.29, 1.82) is 0 Å². The van der Waals surface area contributed by atoms with E-state index in [9.17, 15) is 8.78 Å². The third-order valence-corrected chi connectivity index (χ3v) is 3.53. The van der Waals surface area contributed by atoms with Crippen LogP contribution in [-0.4, -0.2) is 9.97 Å². The van der Waals surface area contributed by atoms with Crippen LogP contribution in [0.1, 0.15) is 23.6 Å². The lowest BCUT2D eigenvalue weighted by molar-refractivity contribution is 0.508. The Hall–Kier alpha value is -3.06. The summed E-state index contributed by atoms with van der Waals surface area (Å²) >= 11 is 0. The summed E-state index contributed by atoms with van der Waals surface area (Å²) in [5.41, 5.74) is 3.19. The molecule has 3 aromatic rings. The van der Waals surface area contributed by atoms with Crippen LogP contribution in [0.3, 0.4) is 0 Å². The summed E-state index contributed by atoms with van der Waals surface area (Å²) in [5.74, 6) is 4.63. The predicted octanol–water partition coefficient (Wildman–Crippen LogP) is 4.38. The van der Waals surface area contributed by atoms with Crippen LogP contribution in [-0.2, 0) is 6.42 Å². The molecule has 0 fully saturated rings. The SMILES string of the molecule is CCc1cnc(-c2ccc(C#Cc3ccc(F)c(F)c3)cc2)nc1. The molecule has 0 amide bonds. The summed E-state index contributed by atoms with van der Waals surface area (Å²) in [6, 6.07) is 11.1. The zero-order chi connectivity index (χ0) is 16.9. The lowest BCUT2D eigenvalue weighted by atomic mass is 10.1. The molecule has 2 nitrogen and oxygen atoms in total. The van der Waals surface area contributed by atoms with Gasteiger partial charge in [-0.3, -0.25) is 0 Å². The van der Waals surface area contributed by atoms with Crippen molar-refractivity contribution in [3.05, 3.63) is 83.2 Å². The Morgan fingerprint density at radius 1 is 0.833 bits per heavy atom. The van der Waals surface area contributed by atoms with E-state index in [0.717, 1.165) is 35.2 Å². The fourth-order valence-corrected chi connectivity index (χ4v) is 2.11. The number of aryl methyl sites for hydroxylation is 1.